The number of anilines is 1. The zero-order chi connectivity index (χ0) is 14.7. The second-order valence-electron chi connectivity index (χ2n) is 4.97. The van der Waals surface area contributed by atoms with Gasteiger partial charge in [0.2, 0.25) is 0 Å². The highest BCUT2D eigenvalue weighted by molar-refractivity contribution is 5.89. The molecule has 0 saturated heterocycles. The summed E-state index contributed by atoms with van der Waals surface area (Å²) in [5.41, 5.74) is 1.72. The quantitative estimate of drug-likeness (QED) is 0.798. The van der Waals surface area contributed by atoms with Crippen LogP contribution in [0.1, 0.15) is 12.5 Å². The van der Waals surface area contributed by atoms with Crippen LogP contribution in [0.4, 0.5) is 10.2 Å². The smallest absolute Gasteiger partial charge is 0.140 e. The van der Waals surface area contributed by atoms with Gasteiger partial charge in [-0.3, -0.25) is 4.98 Å². The molecular weight excluding hydrogens is 267 g/mol. The average molecular weight is 282 g/mol. The highest BCUT2D eigenvalue weighted by Crippen LogP contribution is 2.23. The number of hydrogen-bond acceptors (Lipinski definition) is 4. The van der Waals surface area contributed by atoms with Crippen molar-refractivity contribution in [3.63, 3.8) is 0 Å². The lowest BCUT2D eigenvalue weighted by molar-refractivity contribution is 0.639. The molecular formula is C16H15FN4. The fourth-order valence-electron chi connectivity index (χ4n) is 2.33. The standard InChI is InChI=1S/C16H15FN4/c1-11(8-12-4-3-7-18-9-12)21-16-15-13(17)5-2-6-14(15)19-10-20-16/h2-7,9-11H,8H2,1H3,(H,19,20,21)/t11-/m1/s1. The number of pyridine rings is 1. The van der Waals surface area contributed by atoms with Crippen molar-refractivity contribution in [2.45, 2.75) is 19.4 Å². The summed E-state index contributed by atoms with van der Waals surface area (Å²) in [6.07, 6.45) is 5.81. The van der Waals surface area contributed by atoms with Gasteiger partial charge in [-0.05, 0) is 37.1 Å². The number of rotatable bonds is 4. The minimum absolute atomic E-state index is 0.104. The molecule has 0 aliphatic heterocycles. The van der Waals surface area contributed by atoms with Gasteiger partial charge < -0.3 is 5.32 Å². The number of fused-ring (bicyclic) bond motifs is 1. The van der Waals surface area contributed by atoms with E-state index in [1.165, 1.54) is 12.4 Å². The predicted octanol–water partition coefficient (Wildman–Crippen LogP) is 3.21. The van der Waals surface area contributed by atoms with Gasteiger partial charge in [0, 0.05) is 18.4 Å². The first-order valence-electron chi connectivity index (χ1n) is 6.78. The first-order chi connectivity index (χ1) is 10.2. The maximum Gasteiger partial charge on any atom is 0.140 e. The van der Waals surface area contributed by atoms with Crippen molar-refractivity contribution in [1.29, 1.82) is 0 Å². The van der Waals surface area contributed by atoms with Crippen LogP contribution in [0.5, 0.6) is 0 Å². The van der Waals surface area contributed by atoms with Gasteiger partial charge in [0.1, 0.15) is 18.0 Å². The van der Waals surface area contributed by atoms with Crippen molar-refractivity contribution in [3.8, 4) is 0 Å². The van der Waals surface area contributed by atoms with Crippen LogP contribution in [0.25, 0.3) is 10.9 Å². The molecule has 106 valence electrons. The third-order valence-corrected chi connectivity index (χ3v) is 3.26. The van der Waals surface area contributed by atoms with Crippen LogP contribution in [0.3, 0.4) is 0 Å². The normalized spacial score (nSPS) is 12.3. The Morgan fingerprint density at radius 3 is 2.90 bits per heavy atom. The molecule has 0 spiro atoms. The lowest BCUT2D eigenvalue weighted by atomic mass is 10.1. The fraction of sp³-hybridized carbons (Fsp3) is 0.188. The van der Waals surface area contributed by atoms with Crippen molar-refractivity contribution >= 4 is 16.7 Å². The van der Waals surface area contributed by atoms with Gasteiger partial charge in [-0.2, -0.15) is 0 Å². The van der Waals surface area contributed by atoms with E-state index in [0.29, 0.717) is 16.7 Å². The third kappa shape index (κ3) is 2.97. The number of nitrogens with zero attached hydrogens (tertiary/aromatic N) is 3. The third-order valence-electron chi connectivity index (χ3n) is 3.26. The average Bonchev–Trinajstić information content (AvgIpc) is 2.48. The van der Waals surface area contributed by atoms with Gasteiger partial charge in [0.25, 0.3) is 0 Å². The van der Waals surface area contributed by atoms with E-state index < -0.39 is 0 Å². The number of halogens is 1. The maximum atomic E-state index is 14.0. The molecule has 3 aromatic rings. The molecule has 0 amide bonds. The van der Waals surface area contributed by atoms with E-state index in [2.05, 4.69) is 20.3 Å². The van der Waals surface area contributed by atoms with E-state index in [4.69, 9.17) is 0 Å². The van der Waals surface area contributed by atoms with E-state index >= 15 is 0 Å². The number of hydrogen-bond donors (Lipinski definition) is 1. The van der Waals surface area contributed by atoms with Crippen molar-refractivity contribution in [2.75, 3.05) is 5.32 Å². The van der Waals surface area contributed by atoms with Crippen LogP contribution in [-0.4, -0.2) is 21.0 Å². The Kier molecular flexibility index (Phi) is 3.73. The topological polar surface area (TPSA) is 50.7 Å². The van der Waals surface area contributed by atoms with E-state index in [1.807, 2.05) is 25.3 Å². The van der Waals surface area contributed by atoms with E-state index in [-0.39, 0.29) is 11.9 Å². The molecule has 5 heteroatoms. The molecule has 0 aliphatic rings. The molecule has 0 unspecified atom stereocenters. The van der Waals surface area contributed by atoms with Gasteiger partial charge in [-0.25, -0.2) is 14.4 Å². The summed E-state index contributed by atoms with van der Waals surface area (Å²) in [4.78, 5) is 12.4. The molecule has 2 aromatic heterocycles. The second kappa shape index (κ2) is 5.83. The van der Waals surface area contributed by atoms with Crippen LogP contribution in [0.2, 0.25) is 0 Å². The van der Waals surface area contributed by atoms with Gasteiger partial charge in [-0.15, -0.1) is 0 Å². The summed E-state index contributed by atoms with van der Waals surface area (Å²) in [6.45, 7) is 2.03. The first kappa shape index (κ1) is 13.4. The number of benzene rings is 1. The molecule has 0 bridgehead atoms. The molecule has 1 N–H and O–H groups in total. The van der Waals surface area contributed by atoms with Crippen LogP contribution in [0, 0.1) is 5.82 Å². The number of aromatic nitrogens is 3. The Labute approximate surface area is 122 Å². The molecule has 2 heterocycles. The lowest BCUT2D eigenvalue weighted by Crippen LogP contribution is -2.19. The van der Waals surface area contributed by atoms with Crippen molar-refractivity contribution < 1.29 is 4.39 Å². The molecule has 0 saturated carbocycles. The van der Waals surface area contributed by atoms with Crippen LogP contribution < -0.4 is 5.32 Å². The van der Waals surface area contributed by atoms with Gasteiger partial charge in [-0.1, -0.05) is 12.1 Å². The van der Waals surface area contributed by atoms with Crippen LogP contribution >= 0.6 is 0 Å². The summed E-state index contributed by atoms with van der Waals surface area (Å²) in [5, 5.41) is 3.68. The molecule has 0 aliphatic carbocycles. The molecule has 3 rings (SSSR count). The SMILES string of the molecule is C[C@H](Cc1cccnc1)Nc1ncnc2cccc(F)c12. The Morgan fingerprint density at radius 1 is 1.19 bits per heavy atom. The Bertz CT molecular complexity index is 740. The minimum atomic E-state index is -0.316. The largest absolute Gasteiger partial charge is 0.367 e. The summed E-state index contributed by atoms with van der Waals surface area (Å²) in [5.74, 6) is 0.207. The first-order valence-corrected chi connectivity index (χ1v) is 6.78. The summed E-state index contributed by atoms with van der Waals surface area (Å²) >= 11 is 0. The Hall–Kier alpha value is -2.56. The Morgan fingerprint density at radius 2 is 2.10 bits per heavy atom. The highest BCUT2D eigenvalue weighted by Gasteiger charge is 2.11. The van der Waals surface area contributed by atoms with Gasteiger partial charge in [0.05, 0.1) is 10.9 Å². The van der Waals surface area contributed by atoms with Crippen LogP contribution in [0.15, 0.2) is 49.1 Å². The summed E-state index contributed by atoms with van der Waals surface area (Å²) in [6, 6.07) is 8.87. The molecule has 1 atom stereocenters. The highest BCUT2D eigenvalue weighted by atomic mass is 19.1. The van der Waals surface area contributed by atoms with Crippen LogP contribution in [-0.2, 0) is 6.42 Å². The van der Waals surface area contributed by atoms with E-state index in [1.54, 1.807) is 18.3 Å². The van der Waals surface area contributed by atoms with Crippen molar-refractivity contribution in [3.05, 3.63) is 60.4 Å². The summed E-state index contributed by atoms with van der Waals surface area (Å²) in [7, 11) is 0. The Balaban J connectivity index is 1.85. The van der Waals surface area contributed by atoms with Crippen molar-refractivity contribution in [2.24, 2.45) is 0 Å². The molecule has 4 nitrogen and oxygen atoms in total. The van der Waals surface area contributed by atoms with Gasteiger partial charge in [0.15, 0.2) is 0 Å². The molecule has 0 radical (unpaired) electrons. The molecule has 21 heavy (non-hydrogen) atoms. The van der Waals surface area contributed by atoms with Crippen molar-refractivity contribution in [1.82, 2.24) is 15.0 Å². The lowest BCUT2D eigenvalue weighted by Gasteiger charge is -2.15. The zero-order valence-corrected chi connectivity index (χ0v) is 11.6. The molecule has 0 fully saturated rings. The predicted molar refractivity (Wildman–Crippen MR) is 80.5 cm³/mol. The zero-order valence-electron chi connectivity index (χ0n) is 11.6. The summed E-state index contributed by atoms with van der Waals surface area (Å²) < 4.78 is 14.0. The van der Waals surface area contributed by atoms with E-state index in [9.17, 15) is 4.39 Å². The van der Waals surface area contributed by atoms with E-state index in [0.717, 1.165) is 12.0 Å². The second-order valence-corrected chi connectivity index (χ2v) is 4.97. The number of nitrogens with one attached hydrogen (secondary N) is 1. The minimum Gasteiger partial charge on any atom is -0.367 e. The monoisotopic (exact) mass is 282 g/mol. The molecule has 1 aromatic carbocycles. The fourth-order valence-corrected chi connectivity index (χ4v) is 2.33. The van der Waals surface area contributed by atoms with Gasteiger partial charge >= 0.3 is 0 Å². The maximum absolute atomic E-state index is 14.0.